The standard InChI is InChI=1S/C12H22N4OS.ClH/c1-5-6-12(4,13)10(17)14-11-16-15-9(18-11)7-8(2)3;/h8H,5-7,13H2,1-4H3,(H,14,16,17);1H. The van der Waals surface area contributed by atoms with Gasteiger partial charge in [-0.05, 0) is 19.3 Å². The monoisotopic (exact) mass is 306 g/mol. The number of hydrogen-bond donors (Lipinski definition) is 2. The molecule has 1 amide bonds. The van der Waals surface area contributed by atoms with E-state index < -0.39 is 5.54 Å². The third kappa shape index (κ3) is 5.84. The van der Waals surface area contributed by atoms with E-state index in [1.165, 1.54) is 11.3 Å². The lowest BCUT2D eigenvalue weighted by Crippen LogP contribution is -2.48. The van der Waals surface area contributed by atoms with Crippen LogP contribution in [0.1, 0.15) is 45.5 Å². The lowest BCUT2D eigenvalue weighted by molar-refractivity contribution is -0.120. The number of halogens is 1. The molecule has 0 saturated heterocycles. The minimum absolute atomic E-state index is 0. The highest BCUT2D eigenvalue weighted by Gasteiger charge is 2.28. The zero-order valence-electron chi connectivity index (χ0n) is 11.9. The van der Waals surface area contributed by atoms with Crippen LogP contribution in [-0.2, 0) is 11.2 Å². The first-order valence-electron chi connectivity index (χ1n) is 6.28. The number of nitrogens with two attached hydrogens (primary N) is 1. The molecular weight excluding hydrogens is 284 g/mol. The first-order valence-corrected chi connectivity index (χ1v) is 7.09. The maximum Gasteiger partial charge on any atom is 0.245 e. The quantitative estimate of drug-likeness (QED) is 0.846. The fraction of sp³-hybridized carbons (Fsp3) is 0.750. The van der Waals surface area contributed by atoms with E-state index in [9.17, 15) is 4.79 Å². The van der Waals surface area contributed by atoms with Gasteiger partial charge < -0.3 is 5.73 Å². The Balaban J connectivity index is 0.00000324. The Kier molecular flexibility index (Phi) is 7.47. The predicted molar refractivity (Wildman–Crippen MR) is 81.8 cm³/mol. The van der Waals surface area contributed by atoms with Gasteiger partial charge in [0.2, 0.25) is 11.0 Å². The van der Waals surface area contributed by atoms with E-state index in [4.69, 9.17) is 5.73 Å². The SMILES string of the molecule is CCCC(C)(N)C(=O)Nc1nnc(CC(C)C)s1.Cl. The summed E-state index contributed by atoms with van der Waals surface area (Å²) in [5.41, 5.74) is 5.10. The fourth-order valence-electron chi connectivity index (χ4n) is 1.61. The minimum atomic E-state index is -0.849. The molecule has 19 heavy (non-hydrogen) atoms. The van der Waals surface area contributed by atoms with Gasteiger partial charge in [-0.25, -0.2) is 0 Å². The topological polar surface area (TPSA) is 80.9 Å². The highest BCUT2D eigenvalue weighted by atomic mass is 35.5. The lowest BCUT2D eigenvalue weighted by atomic mass is 9.97. The van der Waals surface area contributed by atoms with Crippen molar-refractivity contribution in [3.63, 3.8) is 0 Å². The van der Waals surface area contributed by atoms with Crippen molar-refractivity contribution in [2.24, 2.45) is 11.7 Å². The molecule has 0 saturated carbocycles. The van der Waals surface area contributed by atoms with Gasteiger partial charge in [-0.1, -0.05) is 38.5 Å². The van der Waals surface area contributed by atoms with Gasteiger partial charge in [0.05, 0.1) is 5.54 Å². The molecule has 0 aliphatic carbocycles. The number of carbonyl (C=O) groups is 1. The number of nitrogens with zero attached hydrogens (tertiary/aromatic N) is 2. The summed E-state index contributed by atoms with van der Waals surface area (Å²) in [4.78, 5) is 12.0. The molecule has 1 rings (SSSR count). The molecule has 0 aliphatic heterocycles. The molecule has 1 unspecified atom stereocenters. The molecular formula is C12H23ClN4OS. The number of anilines is 1. The van der Waals surface area contributed by atoms with Gasteiger partial charge in [0.15, 0.2) is 0 Å². The van der Waals surface area contributed by atoms with Crippen molar-refractivity contribution in [3.8, 4) is 0 Å². The van der Waals surface area contributed by atoms with Gasteiger partial charge in [0.1, 0.15) is 5.01 Å². The number of hydrogen-bond acceptors (Lipinski definition) is 5. The molecule has 1 aromatic rings. The van der Waals surface area contributed by atoms with Crippen molar-refractivity contribution < 1.29 is 4.79 Å². The second-order valence-electron chi connectivity index (χ2n) is 5.22. The molecule has 0 radical (unpaired) electrons. The van der Waals surface area contributed by atoms with Crippen LogP contribution in [0.4, 0.5) is 5.13 Å². The Morgan fingerprint density at radius 3 is 2.63 bits per heavy atom. The zero-order chi connectivity index (χ0) is 13.8. The summed E-state index contributed by atoms with van der Waals surface area (Å²) in [5.74, 6) is 0.331. The summed E-state index contributed by atoms with van der Waals surface area (Å²) in [5, 5.41) is 12.2. The molecule has 1 heterocycles. The summed E-state index contributed by atoms with van der Waals surface area (Å²) >= 11 is 1.41. The van der Waals surface area contributed by atoms with E-state index in [0.29, 0.717) is 17.5 Å². The van der Waals surface area contributed by atoms with E-state index in [1.54, 1.807) is 6.92 Å². The molecule has 0 aliphatic rings. The molecule has 110 valence electrons. The van der Waals surface area contributed by atoms with E-state index >= 15 is 0 Å². The van der Waals surface area contributed by atoms with Gasteiger partial charge in [-0.2, -0.15) is 0 Å². The molecule has 0 fully saturated rings. The van der Waals surface area contributed by atoms with E-state index in [-0.39, 0.29) is 18.3 Å². The zero-order valence-corrected chi connectivity index (χ0v) is 13.5. The second kappa shape index (κ2) is 7.77. The average Bonchev–Trinajstić information content (AvgIpc) is 2.64. The Labute approximate surface area is 124 Å². The largest absolute Gasteiger partial charge is 0.318 e. The van der Waals surface area contributed by atoms with Gasteiger partial charge in [-0.15, -0.1) is 22.6 Å². The number of rotatable bonds is 6. The maximum absolute atomic E-state index is 12.0. The summed E-state index contributed by atoms with van der Waals surface area (Å²) in [6, 6.07) is 0. The Bertz CT molecular complexity index is 406. The molecule has 5 nitrogen and oxygen atoms in total. The van der Waals surface area contributed by atoms with Gasteiger partial charge in [-0.3, -0.25) is 10.1 Å². The van der Waals surface area contributed by atoms with Crippen LogP contribution in [0.2, 0.25) is 0 Å². The van der Waals surface area contributed by atoms with Crippen LogP contribution in [0, 0.1) is 5.92 Å². The third-order valence-electron chi connectivity index (χ3n) is 2.56. The smallest absolute Gasteiger partial charge is 0.245 e. The molecule has 1 atom stereocenters. The average molecular weight is 307 g/mol. The van der Waals surface area contributed by atoms with Crippen LogP contribution < -0.4 is 11.1 Å². The molecule has 0 spiro atoms. The summed E-state index contributed by atoms with van der Waals surface area (Å²) in [7, 11) is 0. The maximum atomic E-state index is 12.0. The first kappa shape index (κ1) is 18.3. The van der Waals surface area contributed by atoms with Crippen LogP contribution in [-0.4, -0.2) is 21.6 Å². The Hall–Kier alpha value is -0.720. The summed E-state index contributed by atoms with van der Waals surface area (Å²) < 4.78 is 0. The number of aromatic nitrogens is 2. The van der Waals surface area contributed by atoms with Crippen molar-refractivity contribution >= 4 is 34.8 Å². The van der Waals surface area contributed by atoms with E-state index in [2.05, 4.69) is 29.4 Å². The Morgan fingerprint density at radius 2 is 2.11 bits per heavy atom. The lowest BCUT2D eigenvalue weighted by Gasteiger charge is -2.21. The van der Waals surface area contributed by atoms with Crippen molar-refractivity contribution in [2.45, 2.75) is 52.5 Å². The number of carbonyl (C=O) groups excluding carboxylic acids is 1. The van der Waals surface area contributed by atoms with Crippen LogP contribution >= 0.6 is 23.7 Å². The van der Waals surface area contributed by atoms with E-state index in [0.717, 1.165) is 17.8 Å². The highest BCUT2D eigenvalue weighted by Crippen LogP contribution is 2.20. The normalized spacial score (nSPS) is 13.8. The molecule has 1 aromatic heterocycles. The van der Waals surface area contributed by atoms with Crippen LogP contribution in [0.25, 0.3) is 0 Å². The Morgan fingerprint density at radius 1 is 1.47 bits per heavy atom. The second-order valence-corrected chi connectivity index (χ2v) is 6.28. The van der Waals surface area contributed by atoms with Gasteiger partial charge in [0, 0.05) is 6.42 Å². The third-order valence-corrected chi connectivity index (χ3v) is 3.42. The van der Waals surface area contributed by atoms with Crippen molar-refractivity contribution in [2.75, 3.05) is 5.32 Å². The predicted octanol–water partition coefficient (Wildman–Crippen LogP) is 2.61. The van der Waals surface area contributed by atoms with Crippen LogP contribution in [0.5, 0.6) is 0 Å². The molecule has 0 aromatic carbocycles. The summed E-state index contributed by atoms with van der Waals surface area (Å²) in [6.07, 6.45) is 2.40. The van der Waals surface area contributed by atoms with Crippen LogP contribution in [0.3, 0.4) is 0 Å². The van der Waals surface area contributed by atoms with Gasteiger partial charge >= 0.3 is 0 Å². The van der Waals surface area contributed by atoms with Crippen LogP contribution in [0.15, 0.2) is 0 Å². The van der Waals surface area contributed by atoms with E-state index in [1.807, 2.05) is 6.92 Å². The fourth-order valence-corrected chi connectivity index (χ4v) is 2.56. The molecule has 7 heteroatoms. The first-order chi connectivity index (χ1) is 8.35. The minimum Gasteiger partial charge on any atom is -0.318 e. The van der Waals surface area contributed by atoms with Gasteiger partial charge in [0.25, 0.3) is 0 Å². The number of nitrogens with one attached hydrogen (secondary N) is 1. The highest BCUT2D eigenvalue weighted by molar-refractivity contribution is 7.15. The summed E-state index contributed by atoms with van der Waals surface area (Å²) in [6.45, 7) is 7.99. The number of amides is 1. The molecule has 3 N–H and O–H groups in total. The van der Waals surface area contributed by atoms with Crippen molar-refractivity contribution in [1.82, 2.24) is 10.2 Å². The molecule has 0 bridgehead atoms. The van der Waals surface area contributed by atoms with Crippen molar-refractivity contribution in [1.29, 1.82) is 0 Å². The van der Waals surface area contributed by atoms with Crippen molar-refractivity contribution in [3.05, 3.63) is 5.01 Å².